The molecule has 0 fully saturated rings. The molecule has 2 heterocycles. The zero-order chi connectivity index (χ0) is 30.4. The van der Waals surface area contributed by atoms with E-state index in [0.29, 0.717) is 42.8 Å². The van der Waals surface area contributed by atoms with Gasteiger partial charge in [0.05, 0.1) is 11.4 Å². The molecule has 0 unspecified atom stereocenters. The molecular formula is C32H28BrF3N4O3. The first-order valence-corrected chi connectivity index (χ1v) is 14.6. The van der Waals surface area contributed by atoms with E-state index >= 15 is 0 Å². The molecule has 0 aliphatic heterocycles. The predicted molar refractivity (Wildman–Crippen MR) is 160 cm³/mol. The molecule has 0 saturated carbocycles. The molecule has 0 radical (unpaired) electrons. The van der Waals surface area contributed by atoms with Crippen LogP contribution in [0.1, 0.15) is 44.9 Å². The third-order valence-corrected chi connectivity index (χ3v) is 7.57. The van der Waals surface area contributed by atoms with Gasteiger partial charge < -0.3 is 10.1 Å². The van der Waals surface area contributed by atoms with Crippen LogP contribution in [0.25, 0.3) is 23.4 Å². The maximum absolute atomic E-state index is 13.0. The highest BCUT2D eigenvalue weighted by molar-refractivity contribution is 9.10. The second kappa shape index (κ2) is 13.5. The summed E-state index contributed by atoms with van der Waals surface area (Å²) < 4.78 is 45.4. The summed E-state index contributed by atoms with van der Waals surface area (Å²) in [5, 5.41) is 8.00. The quantitative estimate of drug-likeness (QED) is 0.120. The van der Waals surface area contributed by atoms with Gasteiger partial charge in [0.15, 0.2) is 5.69 Å². The van der Waals surface area contributed by atoms with Crippen LogP contribution in [-0.2, 0) is 35.3 Å². The van der Waals surface area contributed by atoms with Gasteiger partial charge in [0, 0.05) is 28.3 Å². The smallest absolute Gasteiger partial charge is 0.381 e. The molecule has 11 heteroatoms. The molecule has 0 bridgehead atoms. The molecule has 1 N–H and O–H groups in total. The number of esters is 2. The van der Waals surface area contributed by atoms with E-state index in [0.717, 1.165) is 34.1 Å². The fraction of sp³-hybridized carbons (Fsp3) is 0.250. The van der Waals surface area contributed by atoms with Gasteiger partial charge in [0.25, 0.3) is 0 Å². The Balaban J connectivity index is 1.35. The van der Waals surface area contributed by atoms with Crippen molar-refractivity contribution in [3.63, 3.8) is 0 Å². The zero-order valence-electron chi connectivity index (χ0n) is 23.0. The fourth-order valence-electron chi connectivity index (χ4n) is 4.91. The topological polar surface area (TPSA) is 86.1 Å². The number of nitrogens with one attached hydrogen (secondary N) is 1. The molecule has 2 aromatic carbocycles. The van der Waals surface area contributed by atoms with E-state index in [9.17, 15) is 22.8 Å². The lowest BCUT2D eigenvalue weighted by atomic mass is 9.89. The molecule has 1 aliphatic carbocycles. The van der Waals surface area contributed by atoms with Crippen molar-refractivity contribution in [2.24, 2.45) is 0 Å². The Morgan fingerprint density at radius 1 is 1.02 bits per heavy atom. The summed E-state index contributed by atoms with van der Waals surface area (Å²) in [5.41, 5.74) is 5.30. The number of ether oxygens (including phenoxy) is 1. The maximum Gasteiger partial charge on any atom is 0.491 e. The van der Waals surface area contributed by atoms with E-state index in [2.05, 4.69) is 36.1 Å². The molecule has 43 heavy (non-hydrogen) atoms. The number of halogens is 4. The highest BCUT2D eigenvalue weighted by Gasteiger charge is 2.43. The first-order valence-electron chi connectivity index (χ1n) is 13.8. The van der Waals surface area contributed by atoms with Crippen molar-refractivity contribution >= 4 is 40.0 Å². The van der Waals surface area contributed by atoms with Crippen LogP contribution in [0, 0.1) is 0 Å². The number of pyridine rings is 1. The lowest BCUT2D eigenvalue weighted by Gasteiger charge is -2.16. The van der Waals surface area contributed by atoms with E-state index in [1.165, 1.54) is 10.2 Å². The first-order chi connectivity index (χ1) is 20.7. The van der Waals surface area contributed by atoms with Gasteiger partial charge in [0.1, 0.15) is 0 Å². The summed E-state index contributed by atoms with van der Waals surface area (Å²) in [6.07, 6.45) is 2.47. The standard InChI is InChI=1S/C32H28BrF3N4O3/c33-24-11-7-22(8-12-24)15-17-37-16-4-18-40-29(30(41)43-31(42)32(34,35)36)26-14-10-23-20-38-25(19-27(23)28(26)39-40)13-9-21-5-2-1-3-6-21/h1-3,5-9,11-13,19-20,37H,4,10,14-18H2. The Hall–Kier alpha value is -4.09. The molecule has 1 aliphatic rings. The number of fused-ring (bicyclic) bond motifs is 3. The summed E-state index contributed by atoms with van der Waals surface area (Å²) in [6.45, 7) is 1.56. The van der Waals surface area contributed by atoms with E-state index < -0.39 is 18.1 Å². The summed E-state index contributed by atoms with van der Waals surface area (Å²) in [5.74, 6) is -3.91. The summed E-state index contributed by atoms with van der Waals surface area (Å²) in [4.78, 5) is 29.0. The van der Waals surface area contributed by atoms with Crippen molar-refractivity contribution in [1.82, 2.24) is 20.1 Å². The Labute approximate surface area is 254 Å². The molecule has 0 amide bonds. The number of alkyl halides is 3. The van der Waals surface area contributed by atoms with Gasteiger partial charge in [-0.3, -0.25) is 9.67 Å². The largest absolute Gasteiger partial charge is 0.491 e. The maximum atomic E-state index is 13.0. The number of nitrogens with zero attached hydrogens (tertiary/aromatic N) is 3. The second-order valence-electron chi connectivity index (χ2n) is 10.1. The van der Waals surface area contributed by atoms with Gasteiger partial charge >= 0.3 is 18.1 Å². The average molecular weight is 653 g/mol. The van der Waals surface area contributed by atoms with Crippen LogP contribution in [0.2, 0.25) is 0 Å². The van der Waals surface area contributed by atoms with Gasteiger partial charge in [-0.15, -0.1) is 0 Å². The SMILES string of the molecule is O=C(OC(=O)C(F)(F)F)c1c2c(nn1CCCNCCc1ccc(Br)cc1)-c1cc(C=Cc3ccccc3)ncc1CC2. The monoisotopic (exact) mass is 652 g/mol. The van der Waals surface area contributed by atoms with Crippen molar-refractivity contribution in [2.75, 3.05) is 13.1 Å². The van der Waals surface area contributed by atoms with E-state index in [1.54, 1.807) is 6.20 Å². The summed E-state index contributed by atoms with van der Waals surface area (Å²) >= 11 is 3.42. The van der Waals surface area contributed by atoms with Crippen LogP contribution < -0.4 is 5.32 Å². The van der Waals surface area contributed by atoms with Gasteiger partial charge in [-0.05, 0) is 79.7 Å². The number of hydrogen-bond donors (Lipinski definition) is 1. The Morgan fingerprint density at radius 2 is 1.79 bits per heavy atom. The Bertz CT molecular complexity index is 1630. The number of hydrogen-bond acceptors (Lipinski definition) is 6. The van der Waals surface area contributed by atoms with Crippen LogP contribution in [-0.4, -0.2) is 46.0 Å². The molecule has 5 rings (SSSR count). The lowest BCUT2D eigenvalue weighted by Crippen LogP contribution is -2.29. The summed E-state index contributed by atoms with van der Waals surface area (Å²) in [7, 11) is 0. The fourth-order valence-corrected chi connectivity index (χ4v) is 5.18. The van der Waals surface area contributed by atoms with Crippen molar-refractivity contribution in [1.29, 1.82) is 0 Å². The Kier molecular flexibility index (Phi) is 9.52. The minimum Gasteiger partial charge on any atom is -0.381 e. The third-order valence-electron chi connectivity index (χ3n) is 7.04. The lowest BCUT2D eigenvalue weighted by molar-refractivity contribution is -0.193. The molecule has 7 nitrogen and oxygen atoms in total. The van der Waals surface area contributed by atoms with Gasteiger partial charge in [0.2, 0.25) is 0 Å². The van der Waals surface area contributed by atoms with E-state index in [1.807, 2.05) is 72.8 Å². The third kappa shape index (κ3) is 7.66. The molecule has 2 aromatic heterocycles. The minimum absolute atomic E-state index is 0.133. The van der Waals surface area contributed by atoms with Crippen LogP contribution in [0.15, 0.2) is 71.3 Å². The van der Waals surface area contributed by atoms with Crippen molar-refractivity contribution in [2.45, 2.75) is 38.4 Å². The number of rotatable bonds is 10. The predicted octanol–water partition coefficient (Wildman–Crippen LogP) is 6.44. The molecule has 0 spiro atoms. The van der Waals surface area contributed by atoms with E-state index in [-0.39, 0.29) is 12.2 Å². The zero-order valence-corrected chi connectivity index (χ0v) is 24.6. The molecule has 4 aromatic rings. The first kappa shape index (κ1) is 30.4. The normalized spacial score (nSPS) is 12.7. The van der Waals surface area contributed by atoms with Crippen molar-refractivity contribution in [3.05, 3.63) is 105 Å². The van der Waals surface area contributed by atoms with Crippen LogP contribution in [0.4, 0.5) is 13.2 Å². The number of carbonyl (C=O) groups is 2. The van der Waals surface area contributed by atoms with Gasteiger partial charge in [-0.1, -0.05) is 64.5 Å². The molecular weight excluding hydrogens is 625 g/mol. The highest BCUT2D eigenvalue weighted by atomic mass is 79.9. The van der Waals surface area contributed by atoms with Gasteiger partial charge in [-0.2, -0.15) is 18.3 Å². The minimum atomic E-state index is -5.29. The van der Waals surface area contributed by atoms with Crippen LogP contribution in [0.3, 0.4) is 0 Å². The van der Waals surface area contributed by atoms with Crippen molar-refractivity contribution < 1.29 is 27.5 Å². The Morgan fingerprint density at radius 3 is 2.53 bits per heavy atom. The number of aromatic nitrogens is 3. The van der Waals surface area contributed by atoms with Gasteiger partial charge in [-0.25, -0.2) is 9.59 Å². The van der Waals surface area contributed by atoms with Crippen molar-refractivity contribution in [3.8, 4) is 11.3 Å². The number of aryl methyl sites for hydroxylation is 2. The molecule has 0 saturated heterocycles. The average Bonchev–Trinajstić information content (AvgIpc) is 3.37. The highest BCUT2D eigenvalue weighted by Crippen LogP contribution is 2.35. The number of benzene rings is 2. The van der Waals surface area contributed by atoms with Crippen LogP contribution >= 0.6 is 15.9 Å². The second-order valence-corrected chi connectivity index (χ2v) is 11.0. The number of carbonyl (C=O) groups excluding carboxylic acids is 2. The molecule has 0 atom stereocenters. The molecule has 222 valence electrons. The van der Waals surface area contributed by atoms with E-state index in [4.69, 9.17) is 0 Å². The van der Waals surface area contributed by atoms with Crippen LogP contribution in [0.5, 0.6) is 0 Å². The summed E-state index contributed by atoms with van der Waals surface area (Å²) in [6, 6.07) is 19.6.